The Morgan fingerprint density at radius 1 is 0.982 bits per heavy atom. The van der Waals surface area contributed by atoms with Crippen LogP contribution in [0.2, 0.25) is 0 Å². The number of piperazine rings is 1. The Labute approximate surface area is 324 Å². The molecule has 10 nitrogen and oxygen atoms in total. The number of methoxy groups -OCH3 is 1. The molecule has 2 saturated carbocycles. The number of carbonyl (C=O) groups is 2. The van der Waals surface area contributed by atoms with Gasteiger partial charge in [0.1, 0.15) is 5.75 Å². The highest BCUT2D eigenvalue weighted by atomic mass is 32.2. The van der Waals surface area contributed by atoms with Crippen molar-refractivity contribution in [2.45, 2.75) is 101 Å². The van der Waals surface area contributed by atoms with Crippen molar-refractivity contribution in [3.8, 4) is 17.0 Å². The molecule has 3 aromatic carbocycles. The number of benzene rings is 3. The summed E-state index contributed by atoms with van der Waals surface area (Å²) in [5, 5.41) is 0.393. The van der Waals surface area contributed by atoms with Crippen molar-refractivity contribution in [3.63, 3.8) is 0 Å². The van der Waals surface area contributed by atoms with Gasteiger partial charge in [0, 0.05) is 60.7 Å². The van der Waals surface area contributed by atoms with Gasteiger partial charge in [0.15, 0.2) is 0 Å². The lowest BCUT2D eigenvalue weighted by Crippen LogP contribution is -2.59. The molecule has 4 aromatic rings. The molecule has 5 unspecified atom stereocenters. The summed E-state index contributed by atoms with van der Waals surface area (Å²) in [6.45, 7) is 7.23. The van der Waals surface area contributed by atoms with Crippen LogP contribution in [0.4, 0.5) is 0 Å². The first-order chi connectivity index (χ1) is 26.5. The number of carbonyl (C=O) groups excluding carboxylic acids is 2. The van der Waals surface area contributed by atoms with Crippen LogP contribution in [0.1, 0.15) is 97.7 Å². The van der Waals surface area contributed by atoms with Crippen LogP contribution in [0.3, 0.4) is 0 Å². The zero-order valence-electron chi connectivity index (χ0n) is 32.5. The molecule has 0 radical (unpaired) electrons. The maximum Gasteiger partial charge on any atom is 0.264 e. The van der Waals surface area contributed by atoms with Crippen LogP contribution < -0.4 is 9.46 Å². The third kappa shape index (κ3) is 6.08. The molecule has 9 rings (SSSR count). The Balaban J connectivity index is 1.15. The van der Waals surface area contributed by atoms with Gasteiger partial charge in [-0.3, -0.25) is 19.4 Å². The topological polar surface area (TPSA) is 104 Å². The van der Waals surface area contributed by atoms with E-state index in [1.165, 1.54) is 17.5 Å². The fraction of sp³-hybridized carbons (Fsp3) is 0.500. The molecule has 0 spiro atoms. The summed E-state index contributed by atoms with van der Waals surface area (Å²) >= 11 is 0. The zero-order chi connectivity index (χ0) is 38.2. The van der Waals surface area contributed by atoms with Gasteiger partial charge in [-0.15, -0.1) is 0 Å². The molecule has 55 heavy (non-hydrogen) atoms. The summed E-state index contributed by atoms with van der Waals surface area (Å²) in [5.74, 6) is 0.743. The lowest BCUT2D eigenvalue weighted by atomic mass is 9.81. The van der Waals surface area contributed by atoms with Crippen molar-refractivity contribution >= 4 is 32.7 Å². The number of fused-ring (bicyclic) bond motifs is 9. The summed E-state index contributed by atoms with van der Waals surface area (Å²) in [7, 11) is 0.0112. The van der Waals surface area contributed by atoms with Gasteiger partial charge < -0.3 is 14.2 Å². The smallest absolute Gasteiger partial charge is 0.264 e. The SMILES string of the molecule is CCC(C)S(=O)(=O)NC(=O)c1ccc2c(C3CCCCC3)c3n(c2c1)CC1(C(=O)N2C4CN(Cc5ccccc5)CC2N(C)C4)CC1c1cc(OC)ccc1-3. The quantitative estimate of drug-likeness (QED) is 0.203. The number of aromatic nitrogens is 1. The van der Waals surface area contributed by atoms with E-state index in [4.69, 9.17) is 4.74 Å². The van der Waals surface area contributed by atoms with E-state index in [1.807, 2.05) is 18.2 Å². The number of nitrogens with zero attached hydrogens (tertiary/aromatic N) is 4. The number of ether oxygens (including phenoxy) is 1. The molecule has 1 N–H and O–H groups in total. The molecule has 2 saturated heterocycles. The number of hydrogen-bond acceptors (Lipinski definition) is 7. The number of likely N-dealkylation sites (N-methyl/N-ethyl adjacent to an activating group) is 1. The van der Waals surface area contributed by atoms with Crippen LogP contribution in [0, 0.1) is 5.41 Å². The Bertz CT molecular complexity index is 2270. The van der Waals surface area contributed by atoms with Crippen molar-refractivity contribution < 1.29 is 22.7 Å². The maximum atomic E-state index is 15.5. The van der Waals surface area contributed by atoms with E-state index in [1.54, 1.807) is 27.0 Å². The van der Waals surface area contributed by atoms with Gasteiger partial charge in [0.25, 0.3) is 5.91 Å². The molecular weight excluding hydrogens is 711 g/mol. The maximum absolute atomic E-state index is 15.5. The molecule has 1 aromatic heterocycles. The van der Waals surface area contributed by atoms with E-state index in [2.05, 4.69) is 73.5 Å². The summed E-state index contributed by atoms with van der Waals surface area (Å²) in [4.78, 5) is 36.2. The molecule has 5 aliphatic rings. The minimum Gasteiger partial charge on any atom is -0.497 e. The fourth-order valence-corrected chi connectivity index (χ4v) is 11.4. The molecule has 4 fully saturated rings. The second-order valence-electron chi connectivity index (χ2n) is 16.9. The normalized spacial score (nSPS) is 25.8. The predicted molar refractivity (Wildman–Crippen MR) is 214 cm³/mol. The van der Waals surface area contributed by atoms with E-state index in [9.17, 15) is 13.2 Å². The fourth-order valence-electron chi connectivity index (χ4n) is 10.4. The summed E-state index contributed by atoms with van der Waals surface area (Å²) in [5.41, 5.74) is 6.53. The van der Waals surface area contributed by atoms with Crippen molar-refractivity contribution in [1.82, 2.24) is 24.0 Å². The van der Waals surface area contributed by atoms with Crippen LogP contribution in [0.25, 0.3) is 22.2 Å². The molecule has 290 valence electrons. The van der Waals surface area contributed by atoms with Crippen LogP contribution in [-0.4, -0.2) is 90.7 Å². The van der Waals surface area contributed by atoms with Gasteiger partial charge in [0.05, 0.1) is 35.7 Å². The second kappa shape index (κ2) is 13.8. The largest absolute Gasteiger partial charge is 0.497 e. The number of rotatable bonds is 9. The average molecular weight is 764 g/mol. The Kier molecular flexibility index (Phi) is 9.13. The molecule has 11 heteroatoms. The summed E-state index contributed by atoms with van der Waals surface area (Å²) in [6.07, 6.45) is 6.86. The van der Waals surface area contributed by atoms with Crippen molar-refractivity contribution in [3.05, 3.63) is 89.0 Å². The molecule has 3 aliphatic heterocycles. The minimum atomic E-state index is -3.84. The molecule has 2 bridgehead atoms. The highest BCUT2D eigenvalue weighted by molar-refractivity contribution is 7.90. The first-order valence-electron chi connectivity index (χ1n) is 20.2. The Morgan fingerprint density at radius 3 is 2.49 bits per heavy atom. The van der Waals surface area contributed by atoms with Crippen molar-refractivity contribution in [1.29, 1.82) is 0 Å². The van der Waals surface area contributed by atoms with Crippen LogP contribution in [0.15, 0.2) is 66.7 Å². The number of hydrogen-bond donors (Lipinski definition) is 1. The van der Waals surface area contributed by atoms with Gasteiger partial charge >= 0.3 is 0 Å². The highest BCUT2D eigenvalue weighted by Gasteiger charge is 2.66. The number of sulfonamides is 1. The Hall–Kier alpha value is -4.19. The third-order valence-corrected chi connectivity index (χ3v) is 15.5. The minimum absolute atomic E-state index is 0.0138. The van der Waals surface area contributed by atoms with E-state index in [0.29, 0.717) is 24.4 Å². The van der Waals surface area contributed by atoms with E-state index < -0.39 is 26.6 Å². The van der Waals surface area contributed by atoms with E-state index >= 15 is 4.79 Å². The molecule has 4 heterocycles. The lowest BCUT2D eigenvalue weighted by Gasteiger charge is -2.43. The second-order valence-corrected chi connectivity index (χ2v) is 19.0. The summed E-state index contributed by atoms with van der Waals surface area (Å²) in [6, 6.07) is 22.7. The lowest BCUT2D eigenvalue weighted by molar-refractivity contribution is -0.145. The Morgan fingerprint density at radius 2 is 1.76 bits per heavy atom. The predicted octanol–water partition coefficient (Wildman–Crippen LogP) is 6.69. The molecule has 5 atom stereocenters. The molecular formula is C44H53N5O5S. The number of nitrogens with one attached hydrogen (secondary N) is 1. The van der Waals surface area contributed by atoms with Gasteiger partial charge in [-0.25, -0.2) is 13.1 Å². The highest BCUT2D eigenvalue weighted by Crippen LogP contribution is 2.66. The molecule has 2 aliphatic carbocycles. The van der Waals surface area contributed by atoms with Gasteiger partial charge in [0.2, 0.25) is 15.9 Å². The molecule has 2 amide bonds. The van der Waals surface area contributed by atoms with Gasteiger partial charge in [-0.2, -0.15) is 0 Å². The standard InChI is InChI=1S/C44H53N5O5S/c1-5-28(2)55(52,53)45-42(50)31-16-18-35-38(20-31)48-27-44(43(51)49-32-24-46(3)39(49)26-47(25-32)23-29-12-8-6-9-13-29)22-37(44)36-21-33(54-4)17-19-34(36)41(48)40(35)30-14-10-7-11-15-30/h6,8-9,12-13,16-21,28,30,32,37,39H,5,7,10-11,14-15,22-27H2,1-4H3,(H,45,50). The van der Waals surface area contributed by atoms with Gasteiger partial charge in [-0.05, 0) is 92.6 Å². The van der Waals surface area contributed by atoms with Crippen molar-refractivity contribution in [2.75, 3.05) is 33.8 Å². The van der Waals surface area contributed by atoms with Crippen molar-refractivity contribution in [2.24, 2.45) is 5.41 Å². The van der Waals surface area contributed by atoms with E-state index in [0.717, 1.165) is 91.8 Å². The first-order valence-corrected chi connectivity index (χ1v) is 21.8. The van der Waals surface area contributed by atoms with Crippen LogP contribution >= 0.6 is 0 Å². The average Bonchev–Trinajstić information content (AvgIpc) is 3.81. The van der Waals surface area contributed by atoms with Gasteiger partial charge in [-0.1, -0.05) is 62.6 Å². The van der Waals surface area contributed by atoms with Crippen LogP contribution in [0.5, 0.6) is 5.75 Å². The van der Waals surface area contributed by atoms with E-state index in [-0.39, 0.29) is 24.0 Å². The third-order valence-electron chi connectivity index (χ3n) is 13.6. The monoisotopic (exact) mass is 763 g/mol. The zero-order valence-corrected chi connectivity index (χ0v) is 33.3. The summed E-state index contributed by atoms with van der Waals surface area (Å²) < 4.78 is 36.5. The first kappa shape index (κ1) is 36.4. The number of amides is 2. The van der Waals surface area contributed by atoms with Crippen LogP contribution in [-0.2, 0) is 27.9 Å².